The molecule has 0 unspecified atom stereocenters. The molecule has 3 rings (SSSR count). The van der Waals surface area contributed by atoms with E-state index in [1.165, 1.54) is 5.56 Å². The van der Waals surface area contributed by atoms with Gasteiger partial charge in [0.1, 0.15) is 0 Å². The third kappa shape index (κ3) is 2.77. The van der Waals surface area contributed by atoms with E-state index in [1.807, 2.05) is 26.8 Å². The summed E-state index contributed by atoms with van der Waals surface area (Å²) in [6.45, 7) is 6.48. The van der Waals surface area contributed by atoms with Crippen LogP contribution in [0.2, 0.25) is 0 Å². The van der Waals surface area contributed by atoms with Gasteiger partial charge in [0.15, 0.2) is 0 Å². The number of rotatable bonds is 2. The maximum absolute atomic E-state index is 12.3. The van der Waals surface area contributed by atoms with E-state index in [9.17, 15) is 9.59 Å². The van der Waals surface area contributed by atoms with Crippen LogP contribution >= 0.6 is 0 Å². The fourth-order valence-electron chi connectivity index (χ4n) is 2.93. The average Bonchev–Trinajstić information content (AvgIpc) is 2.84. The summed E-state index contributed by atoms with van der Waals surface area (Å²) in [4.78, 5) is 24.5. The zero-order valence-electron chi connectivity index (χ0n) is 13.4. The fraction of sp³-hybridized carbons (Fsp3) is 0.222. The van der Waals surface area contributed by atoms with Gasteiger partial charge in [0.2, 0.25) is 0 Å². The van der Waals surface area contributed by atoms with Gasteiger partial charge in [-0.05, 0) is 49.6 Å². The van der Waals surface area contributed by atoms with Crippen LogP contribution in [0.25, 0.3) is 10.9 Å². The third-order valence-electron chi connectivity index (χ3n) is 4.05. The highest BCUT2D eigenvalue weighted by molar-refractivity contribution is 5.84. The molecule has 1 aromatic heterocycles. The van der Waals surface area contributed by atoms with Crippen molar-refractivity contribution in [1.82, 2.24) is 15.1 Å². The average molecular weight is 309 g/mol. The van der Waals surface area contributed by atoms with E-state index in [-0.39, 0.29) is 5.56 Å². The topological polar surface area (TPSA) is 66.9 Å². The lowest BCUT2D eigenvalue weighted by molar-refractivity contribution is 0.238. The summed E-state index contributed by atoms with van der Waals surface area (Å²) in [6, 6.07) is 10.8. The molecule has 0 aliphatic rings. The van der Waals surface area contributed by atoms with E-state index < -0.39 is 6.03 Å². The molecule has 0 saturated carbocycles. The Kier molecular flexibility index (Phi) is 3.78. The molecule has 0 saturated heterocycles. The SMILES string of the molecule is Cc1cc(C)c(CNC(=O)n2[nH]c3ccccc3c2=O)c(C)c1. The molecule has 3 aromatic rings. The van der Waals surface area contributed by atoms with Crippen molar-refractivity contribution in [2.24, 2.45) is 0 Å². The lowest BCUT2D eigenvalue weighted by Crippen LogP contribution is -2.35. The van der Waals surface area contributed by atoms with Gasteiger partial charge in [0.05, 0.1) is 10.9 Å². The standard InChI is InChI=1S/C18H19N3O2/c1-11-8-12(2)15(13(3)9-11)10-19-18(23)21-17(22)14-6-4-5-7-16(14)20-21/h4-9,20H,10H2,1-3H3,(H,19,23). The van der Waals surface area contributed by atoms with Crippen molar-refractivity contribution < 1.29 is 4.79 Å². The zero-order valence-corrected chi connectivity index (χ0v) is 13.4. The molecule has 2 aromatic carbocycles. The number of nitrogens with one attached hydrogen (secondary N) is 2. The van der Waals surface area contributed by atoms with Crippen LogP contribution in [0, 0.1) is 20.8 Å². The first-order chi connectivity index (χ1) is 11.0. The van der Waals surface area contributed by atoms with E-state index in [2.05, 4.69) is 22.5 Å². The lowest BCUT2D eigenvalue weighted by atomic mass is 10.00. The Bertz CT molecular complexity index is 927. The number of amides is 1. The van der Waals surface area contributed by atoms with Crippen molar-refractivity contribution in [3.63, 3.8) is 0 Å². The number of nitrogens with zero attached hydrogens (tertiary/aromatic N) is 1. The van der Waals surface area contributed by atoms with Crippen LogP contribution in [0.5, 0.6) is 0 Å². The van der Waals surface area contributed by atoms with Crippen LogP contribution in [0.3, 0.4) is 0 Å². The molecule has 0 aliphatic heterocycles. The number of hydrogen-bond donors (Lipinski definition) is 2. The van der Waals surface area contributed by atoms with Crippen LogP contribution < -0.4 is 10.9 Å². The summed E-state index contributed by atoms with van der Waals surface area (Å²) in [5.74, 6) is 0. The Balaban J connectivity index is 1.85. The Hall–Kier alpha value is -2.82. The summed E-state index contributed by atoms with van der Waals surface area (Å²) in [6.07, 6.45) is 0. The Labute approximate surface area is 133 Å². The quantitative estimate of drug-likeness (QED) is 0.764. The number of aromatic amines is 1. The molecule has 118 valence electrons. The minimum absolute atomic E-state index is 0.338. The molecule has 0 aliphatic carbocycles. The molecule has 1 amide bonds. The first-order valence-corrected chi connectivity index (χ1v) is 7.52. The largest absolute Gasteiger partial charge is 0.343 e. The van der Waals surface area contributed by atoms with Crippen LogP contribution in [0.15, 0.2) is 41.2 Å². The second-order valence-electron chi connectivity index (χ2n) is 5.83. The zero-order chi connectivity index (χ0) is 16.6. The number of hydrogen-bond acceptors (Lipinski definition) is 2. The smallest absolute Gasteiger partial charge is 0.332 e. The number of carbonyl (C=O) groups is 1. The molecular weight excluding hydrogens is 290 g/mol. The van der Waals surface area contributed by atoms with Gasteiger partial charge in [-0.3, -0.25) is 9.89 Å². The molecule has 23 heavy (non-hydrogen) atoms. The number of aryl methyl sites for hydroxylation is 3. The van der Waals surface area contributed by atoms with E-state index in [0.29, 0.717) is 17.4 Å². The molecule has 2 N–H and O–H groups in total. The summed E-state index contributed by atoms with van der Waals surface area (Å²) >= 11 is 0. The van der Waals surface area contributed by atoms with Gasteiger partial charge in [0, 0.05) is 6.54 Å². The van der Waals surface area contributed by atoms with E-state index in [0.717, 1.165) is 21.4 Å². The van der Waals surface area contributed by atoms with Crippen LogP contribution in [-0.4, -0.2) is 15.8 Å². The maximum atomic E-state index is 12.3. The number of para-hydroxylation sites is 1. The van der Waals surface area contributed by atoms with E-state index in [4.69, 9.17) is 0 Å². The predicted molar refractivity (Wildman–Crippen MR) is 90.8 cm³/mol. The van der Waals surface area contributed by atoms with Crippen molar-refractivity contribution >= 4 is 16.9 Å². The van der Waals surface area contributed by atoms with Crippen molar-refractivity contribution in [2.45, 2.75) is 27.3 Å². The minimum atomic E-state index is -0.453. The van der Waals surface area contributed by atoms with Crippen molar-refractivity contribution in [1.29, 1.82) is 0 Å². The molecule has 0 radical (unpaired) electrons. The lowest BCUT2D eigenvalue weighted by Gasteiger charge is -2.12. The van der Waals surface area contributed by atoms with Crippen molar-refractivity contribution in [3.05, 3.63) is 69.0 Å². The van der Waals surface area contributed by atoms with Gasteiger partial charge in [-0.25, -0.2) is 4.79 Å². The van der Waals surface area contributed by atoms with Crippen LogP contribution in [0.1, 0.15) is 22.3 Å². The van der Waals surface area contributed by atoms with E-state index >= 15 is 0 Å². The number of H-pyrrole nitrogens is 1. The molecule has 0 spiro atoms. The number of aromatic nitrogens is 2. The second kappa shape index (κ2) is 5.76. The number of benzene rings is 2. The van der Waals surface area contributed by atoms with Gasteiger partial charge < -0.3 is 5.32 Å². The molecule has 0 atom stereocenters. The Morgan fingerprint density at radius 3 is 2.43 bits per heavy atom. The number of fused-ring (bicyclic) bond motifs is 1. The van der Waals surface area contributed by atoms with Gasteiger partial charge >= 0.3 is 6.03 Å². The van der Waals surface area contributed by atoms with Gasteiger partial charge in [-0.2, -0.15) is 4.68 Å². The monoisotopic (exact) mass is 309 g/mol. The summed E-state index contributed by atoms with van der Waals surface area (Å²) in [5.41, 5.74) is 4.85. The van der Waals surface area contributed by atoms with Gasteiger partial charge in [-0.1, -0.05) is 29.8 Å². The fourth-order valence-corrected chi connectivity index (χ4v) is 2.93. The van der Waals surface area contributed by atoms with Crippen LogP contribution in [0.4, 0.5) is 4.79 Å². The predicted octanol–water partition coefficient (Wildman–Crippen LogP) is 3.01. The first kappa shape index (κ1) is 15.1. The third-order valence-corrected chi connectivity index (χ3v) is 4.05. The van der Waals surface area contributed by atoms with Gasteiger partial charge in [0.25, 0.3) is 5.56 Å². The first-order valence-electron chi connectivity index (χ1n) is 7.52. The molecule has 5 heteroatoms. The highest BCUT2D eigenvalue weighted by atomic mass is 16.2. The molecule has 1 heterocycles. The normalized spacial score (nSPS) is 10.9. The summed E-state index contributed by atoms with van der Waals surface area (Å²) in [7, 11) is 0. The minimum Gasteiger partial charge on any atom is -0.332 e. The molecule has 0 bridgehead atoms. The van der Waals surface area contributed by atoms with Crippen LogP contribution in [-0.2, 0) is 6.54 Å². The molecular formula is C18H19N3O2. The molecule has 0 fully saturated rings. The summed E-state index contributed by atoms with van der Waals surface area (Å²) < 4.78 is 1.02. The highest BCUT2D eigenvalue weighted by Gasteiger charge is 2.13. The second-order valence-corrected chi connectivity index (χ2v) is 5.83. The molecule has 5 nitrogen and oxygen atoms in total. The maximum Gasteiger partial charge on any atom is 0.343 e. The Morgan fingerprint density at radius 2 is 1.78 bits per heavy atom. The highest BCUT2D eigenvalue weighted by Crippen LogP contribution is 2.16. The number of carbonyl (C=O) groups excluding carboxylic acids is 1. The van der Waals surface area contributed by atoms with E-state index in [1.54, 1.807) is 18.2 Å². The Morgan fingerprint density at radius 1 is 1.13 bits per heavy atom. The van der Waals surface area contributed by atoms with Crippen molar-refractivity contribution in [3.8, 4) is 0 Å². The summed E-state index contributed by atoms with van der Waals surface area (Å²) in [5, 5.41) is 6.15. The van der Waals surface area contributed by atoms with Crippen molar-refractivity contribution in [2.75, 3.05) is 0 Å². The van der Waals surface area contributed by atoms with Gasteiger partial charge in [-0.15, -0.1) is 0 Å².